The molecule has 3 heteroatoms. The van der Waals surface area contributed by atoms with Crippen molar-refractivity contribution in [3.63, 3.8) is 0 Å². The first-order chi connectivity index (χ1) is 7.50. The van der Waals surface area contributed by atoms with Crippen molar-refractivity contribution in [2.45, 2.75) is 13.8 Å². The van der Waals surface area contributed by atoms with Gasteiger partial charge in [0.1, 0.15) is 5.75 Å². The fourth-order valence-corrected chi connectivity index (χ4v) is 1.44. The van der Waals surface area contributed by atoms with Crippen molar-refractivity contribution >= 4 is 16.7 Å². The topological polar surface area (TPSA) is 57.5 Å². The third-order valence-electron chi connectivity index (χ3n) is 1.98. The Balaban J connectivity index is 0.000000280. The van der Waals surface area contributed by atoms with Crippen LogP contribution in [0.3, 0.4) is 0 Å². The van der Waals surface area contributed by atoms with Gasteiger partial charge in [0.25, 0.3) is 5.97 Å². The maximum Gasteiger partial charge on any atom is 0.300 e. The molecule has 0 radical (unpaired) electrons. The van der Waals surface area contributed by atoms with Crippen molar-refractivity contribution in [2.24, 2.45) is 0 Å². The van der Waals surface area contributed by atoms with E-state index in [9.17, 15) is 5.11 Å². The molecule has 2 aromatic rings. The largest absolute Gasteiger partial charge is 0.507 e. The molecule has 0 fully saturated rings. The van der Waals surface area contributed by atoms with Crippen molar-refractivity contribution in [1.29, 1.82) is 0 Å². The van der Waals surface area contributed by atoms with Gasteiger partial charge in [0.05, 0.1) is 0 Å². The lowest BCUT2D eigenvalue weighted by Crippen LogP contribution is -1.78. The van der Waals surface area contributed by atoms with Crippen molar-refractivity contribution in [3.8, 4) is 5.75 Å². The van der Waals surface area contributed by atoms with Crippen molar-refractivity contribution in [3.05, 3.63) is 42.0 Å². The van der Waals surface area contributed by atoms with Gasteiger partial charge in [-0.3, -0.25) is 4.79 Å². The van der Waals surface area contributed by atoms with Gasteiger partial charge in [0, 0.05) is 12.3 Å². The number of carboxylic acids is 1. The first kappa shape index (κ1) is 12.0. The van der Waals surface area contributed by atoms with E-state index in [2.05, 4.69) is 6.07 Å². The van der Waals surface area contributed by atoms with Crippen LogP contribution in [0.25, 0.3) is 10.8 Å². The number of fused-ring (bicyclic) bond motifs is 1. The molecule has 0 saturated heterocycles. The summed E-state index contributed by atoms with van der Waals surface area (Å²) in [7, 11) is 0. The molecular weight excluding hydrogens is 204 g/mol. The SMILES string of the molecule is CC(=O)O.Cc1cc(O)c2ccccc2c1. The number of hydrogen-bond donors (Lipinski definition) is 2. The molecule has 2 N–H and O–H groups in total. The monoisotopic (exact) mass is 218 g/mol. The van der Waals surface area contributed by atoms with Gasteiger partial charge in [-0.1, -0.05) is 30.3 Å². The van der Waals surface area contributed by atoms with Crippen molar-refractivity contribution in [2.75, 3.05) is 0 Å². The molecule has 0 saturated carbocycles. The lowest BCUT2D eigenvalue weighted by Gasteiger charge is -2.01. The van der Waals surface area contributed by atoms with E-state index < -0.39 is 5.97 Å². The summed E-state index contributed by atoms with van der Waals surface area (Å²) in [4.78, 5) is 9.00. The zero-order valence-corrected chi connectivity index (χ0v) is 9.27. The highest BCUT2D eigenvalue weighted by atomic mass is 16.4. The number of aliphatic carboxylic acids is 1. The van der Waals surface area contributed by atoms with Gasteiger partial charge in [-0.25, -0.2) is 0 Å². The number of carbonyl (C=O) groups is 1. The quantitative estimate of drug-likeness (QED) is 0.714. The second-order valence-electron chi connectivity index (χ2n) is 3.52. The molecule has 3 nitrogen and oxygen atoms in total. The molecule has 0 bridgehead atoms. The summed E-state index contributed by atoms with van der Waals surface area (Å²) >= 11 is 0. The number of phenolic OH excluding ortho intramolecular Hbond substituents is 1. The first-order valence-corrected chi connectivity index (χ1v) is 4.88. The van der Waals surface area contributed by atoms with Crippen LogP contribution in [-0.2, 0) is 4.79 Å². The Kier molecular flexibility index (Phi) is 3.89. The zero-order chi connectivity index (χ0) is 12.1. The molecule has 0 aromatic heterocycles. The van der Waals surface area contributed by atoms with Gasteiger partial charge in [-0.05, 0) is 23.9 Å². The van der Waals surface area contributed by atoms with E-state index in [0.717, 1.165) is 23.3 Å². The molecule has 0 spiro atoms. The standard InChI is InChI=1S/C11H10O.C2H4O2/c1-8-6-9-4-2-3-5-10(9)11(12)7-8;1-2(3)4/h2-7,12H,1H3;1H3,(H,3,4). The minimum absolute atomic E-state index is 0.366. The van der Waals surface area contributed by atoms with Crippen LogP contribution in [-0.4, -0.2) is 16.2 Å². The van der Waals surface area contributed by atoms with Gasteiger partial charge >= 0.3 is 0 Å². The van der Waals surface area contributed by atoms with Crippen LogP contribution in [0.2, 0.25) is 0 Å². The molecule has 0 unspecified atom stereocenters. The van der Waals surface area contributed by atoms with Crippen LogP contribution in [0.4, 0.5) is 0 Å². The minimum atomic E-state index is -0.833. The van der Waals surface area contributed by atoms with Crippen LogP contribution in [0.15, 0.2) is 36.4 Å². The molecule has 2 rings (SSSR count). The van der Waals surface area contributed by atoms with Gasteiger partial charge < -0.3 is 10.2 Å². The summed E-state index contributed by atoms with van der Waals surface area (Å²) in [5, 5.41) is 19.0. The van der Waals surface area contributed by atoms with Crippen LogP contribution in [0, 0.1) is 6.92 Å². The minimum Gasteiger partial charge on any atom is -0.507 e. The molecule has 0 atom stereocenters. The van der Waals surface area contributed by atoms with Crippen molar-refractivity contribution < 1.29 is 15.0 Å². The molecule has 16 heavy (non-hydrogen) atoms. The van der Waals surface area contributed by atoms with Crippen molar-refractivity contribution in [1.82, 2.24) is 0 Å². The highest BCUT2D eigenvalue weighted by molar-refractivity contribution is 5.88. The van der Waals surface area contributed by atoms with Gasteiger partial charge in [0.15, 0.2) is 0 Å². The van der Waals surface area contributed by atoms with Crippen LogP contribution >= 0.6 is 0 Å². The molecule has 0 heterocycles. The number of aryl methyl sites for hydroxylation is 1. The number of hydrogen-bond acceptors (Lipinski definition) is 2. The fraction of sp³-hybridized carbons (Fsp3) is 0.154. The normalized spacial score (nSPS) is 9.38. The Bertz CT molecular complexity index is 500. The molecule has 84 valence electrons. The van der Waals surface area contributed by atoms with Crippen LogP contribution in [0.1, 0.15) is 12.5 Å². The summed E-state index contributed by atoms with van der Waals surface area (Å²) < 4.78 is 0. The van der Waals surface area contributed by atoms with Gasteiger partial charge in [-0.2, -0.15) is 0 Å². The Morgan fingerprint density at radius 3 is 2.38 bits per heavy atom. The predicted octanol–water partition coefficient (Wildman–Crippen LogP) is 2.94. The summed E-state index contributed by atoms with van der Waals surface area (Å²) in [6, 6.07) is 11.7. The third kappa shape index (κ3) is 3.28. The number of carboxylic acid groups (broad SMARTS) is 1. The summed E-state index contributed by atoms with van der Waals surface area (Å²) in [5.74, 6) is -0.467. The smallest absolute Gasteiger partial charge is 0.300 e. The maximum atomic E-state index is 9.55. The highest BCUT2D eigenvalue weighted by Crippen LogP contribution is 2.25. The Morgan fingerprint density at radius 1 is 1.19 bits per heavy atom. The van der Waals surface area contributed by atoms with Gasteiger partial charge in [0.2, 0.25) is 0 Å². The Labute approximate surface area is 94.0 Å². The molecule has 0 aliphatic rings. The van der Waals surface area contributed by atoms with E-state index in [0.29, 0.717) is 5.75 Å². The number of aromatic hydroxyl groups is 1. The molecular formula is C13H14O3. The lowest BCUT2D eigenvalue weighted by molar-refractivity contribution is -0.134. The molecule has 2 aromatic carbocycles. The van der Waals surface area contributed by atoms with Crippen LogP contribution in [0.5, 0.6) is 5.75 Å². The van der Waals surface area contributed by atoms with E-state index in [1.165, 1.54) is 0 Å². The van der Waals surface area contributed by atoms with E-state index in [4.69, 9.17) is 9.90 Å². The van der Waals surface area contributed by atoms with E-state index in [-0.39, 0.29) is 0 Å². The Hall–Kier alpha value is -2.03. The summed E-state index contributed by atoms with van der Waals surface area (Å²) in [6.07, 6.45) is 0. The number of phenols is 1. The lowest BCUT2D eigenvalue weighted by atomic mass is 10.1. The first-order valence-electron chi connectivity index (χ1n) is 4.88. The molecule has 0 amide bonds. The zero-order valence-electron chi connectivity index (χ0n) is 9.27. The average molecular weight is 218 g/mol. The second-order valence-corrected chi connectivity index (χ2v) is 3.52. The van der Waals surface area contributed by atoms with E-state index in [1.54, 1.807) is 6.07 Å². The fourth-order valence-electron chi connectivity index (χ4n) is 1.44. The highest BCUT2D eigenvalue weighted by Gasteiger charge is 1.98. The van der Waals surface area contributed by atoms with Gasteiger partial charge in [-0.15, -0.1) is 0 Å². The summed E-state index contributed by atoms with van der Waals surface area (Å²) in [5.41, 5.74) is 1.09. The third-order valence-corrected chi connectivity index (χ3v) is 1.98. The number of rotatable bonds is 0. The second kappa shape index (κ2) is 5.16. The molecule has 0 aliphatic carbocycles. The van der Waals surface area contributed by atoms with Crippen LogP contribution < -0.4 is 0 Å². The summed E-state index contributed by atoms with van der Waals surface area (Å²) in [6.45, 7) is 3.06. The van der Waals surface area contributed by atoms with E-state index >= 15 is 0 Å². The predicted molar refractivity (Wildman–Crippen MR) is 63.7 cm³/mol. The number of benzene rings is 2. The Morgan fingerprint density at radius 2 is 1.75 bits per heavy atom. The molecule has 0 aliphatic heterocycles. The maximum absolute atomic E-state index is 9.55. The average Bonchev–Trinajstić information content (AvgIpc) is 2.16. The van der Waals surface area contributed by atoms with E-state index in [1.807, 2.05) is 31.2 Å².